The molecule has 4 aromatic rings. The fourth-order valence-corrected chi connectivity index (χ4v) is 6.40. The first-order chi connectivity index (χ1) is 22.0. The van der Waals surface area contributed by atoms with Gasteiger partial charge in [-0.15, -0.1) is 0 Å². The molecule has 46 heavy (non-hydrogen) atoms. The van der Waals surface area contributed by atoms with Crippen LogP contribution in [0.3, 0.4) is 0 Å². The fourth-order valence-electron chi connectivity index (χ4n) is 5.30. The van der Waals surface area contributed by atoms with Crippen LogP contribution in [0.1, 0.15) is 27.0 Å². The van der Waals surface area contributed by atoms with Crippen LogP contribution in [-0.4, -0.2) is 77.6 Å². The molecule has 2 unspecified atom stereocenters. The summed E-state index contributed by atoms with van der Waals surface area (Å²) in [6, 6.07) is 11.5. The first-order valence-electron chi connectivity index (χ1n) is 14.3. The number of nitrogens with zero attached hydrogens (tertiary/aromatic N) is 4. The number of urea groups is 1. The van der Waals surface area contributed by atoms with Crippen molar-refractivity contribution in [2.24, 2.45) is 0 Å². The Hall–Kier alpha value is -4.84. The SMILES string of the molecule is CCNC(=O)[C@H]1O[C@@H](n2cnc3c(NC(=O)Nc4cccc(S(=O)(=O)Nc5ccc(OC)cc5)c4)ncnc32)C2OC(C)(C)OC21. The minimum atomic E-state index is -3.96. The van der Waals surface area contributed by atoms with E-state index >= 15 is 0 Å². The number of nitrogens with one attached hydrogen (secondary N) is 4. The minimum absolute atomic E-state index is 0.0635. The minimum Gasteiger partial charge on any atom is -0.497 e. The first kappa shape index (κ1) is 31.2. The number of ether oxygens (including phenoxy) is 4. The maximum atomic E-state index is 13.0. The molecule has 4 heterocycles. The van der Waals surface area contributed by atoms with E-state index in [1.165, 1.54) is 38.0 Å². The third-order valence-corrected chi connectivity index (χ3v) is 8.63. The molecule has 0 aliphatic carbocycles. The van der Waals surface area contributed by atoms with Gasteiger partial charge in [0.25, 0.3) is 15.9 Å². The van der Waals surface area contributed by atoms with Gasteiger partial charge in [0.15, 0.2) is 35.1 Å². The van der Waals surface area contributed by atoms with Crippen LogP contribution in [0.15, 0.2) is 66.1 Å². The average Bonchev–Trinajstić information content (AvgIpc) is 3.68. The molecule has 0 bridgehead atoms. The molecular formula is C29H32N8O8S. The second kappa shape index (κ2) is 12.2. The molecule has 242 valence electrons. The highest BCUT2D eigenvalue weighted by molar-refractivity contribution is 7.92. The monoisotopic (exact) mass is 652 g/mol. The Balaban J connectivity index is 1.18. The molecule has 2 aliphatic rings. The maximum absolute atomic E-state index is 13.0. The van der Waals surface area contributed by atoms with E-state index in [0.29, 0.717) is 23.6 Å². The van der Waals surface area contributed by atoms with Crippen molar-refractivity contribution in [3.63, 3.8) is 0 Å². The number of benzene rings is 2. The summed E-state index contributed by atoms with van der Waals surface area (Å²) in [6.45, 7) is 5.75. The first-order valence-corrected chi connectivity index (χ1v) is 15.8. The van der Waals surface area contributed by atoms with Crippen LogP contribution >= 0.6 is 0 Å². The summed E-state index contributed by atoms with van der Waals surface area (Å²) in [6.07, 6.45) is -0.332. The molecule has 3 amide bonds. The molecule has 2 saturated heterocycles. The van der Waals surface area contributed by atoms with Crippen LogP contribution in [-0.2, 0) is 29.0 Å². The van der Waals surface area contributed by atoms with Gasteiger partial charge in [-0.1, -0.05) is 6.07 Å². The van der Waals surface area contributed by atoms with Gasteiger partial charge in [0, 0.05) is 17.9 Å². The number of likely N-dealkylation sites (N-methyl/N-ethyl adjacent to an activating group) is 1. The van der Waals surface area contributed by atoms with Crippen molar-refractivity contribution < 1.29 is 37.0 Å². The highest BCUT2D eigenvalue weighted by atomic mass is 32.2. The van der Waals surface area contributed by atoms with E-state index in [-0.39, 0.29) is 27.8 Å². The van der Waals surface area contributed by atoms with Crippen LogP contribution < -0.4 is 25.4 Å². The summed E-state index contributed by atoms with van der Waals surface area (Å²) < 4.78 is 53.4. The maximum Gasteiger partial charge on any atom is 0.324 e. The predicted octanol–water partition coefficient (Wildman–Crippen LogP) is 2.83. The summed E-state index contributed by atoms with van der Waals surface area (Å²) >= 11 is 0. The summed E-state index contributed by atoms with van der Waals surface area (Å²) in [5.74, 6) is -0.599. The van der Waals surface area contributed by atoms with E-state index < -0.39 is 46.4 Å². The van der Waals surface area contributed by atoms with E-state index in [1.807, 2.05) is 6.92 Å². The molecule has 0 spiro atoms. The highest BCUT2D eigenvalue weighted by Gasteiger charge is 2.58. The zero-order chi connectivity index (χ0) is 32.6. The van der Waals surface area contributed by atoms with Crippen molar-refractivity contribution in [1.82, 2.24) is 24.8 Å². The molecule has 2 aromatic heterocycles. The van der Waals surface area contributed by atoms with Crippen LogP contribution in [0.25, 0.3) is 11.2 Å². The van der Waals surface area contributed by atoms with Crippen LogP contribution in [0.5, 0.6) is 5.75 Å². The molecule has 6 rings (SSSR count). The summed E-state index contributed by atoms with van der Waals surface area (Å²) in [7, 11) is -2.45. The van der Waals surface area contributed by atoms with E-state index in [9.17, 15) is 18.0 Å². The van der Waals surface area contributed by atoms with Gasteiger partial charge in [-0.25, -0.2) is 28.2 Å². The summed E-state index contributed by atoms with van der Waals surface area (Å²) in [4.78, 5) is 38.6. The molecular weight excluding hydrogens is 620 g/mol. The number of hydrogen-bond acceptors (Lipinski definition) is 11. The Morgan fingerprint density at radius 3 is 2.50 bits per heavy atom. The second-order valence-electron chi connectivity index (χ2n) is 10.9. The topological polar surface area (TPSA) is 197 Å². The average molecular weight is 653 g/mol. The number of anilines is 3. The van der Waals surface area contributed by atoms with Gasteiger partial charge in [0.05, 0.1) is 18.3 Å². The Bertz CT molecular complexity index is 1880. The Labute approximate surface area is 263 Å². The lowest BCUT2D eigenvalue weighted by Gasteiger charge is -2.24. The number of amides is 3. The van der Waals surface area contributed by atoms with Crippen molar-refractivity contribution in [3.05, 3.63) is 61.2 Å². The van der Waals surface area contributed by atoms with Gasteiger partial charge < -0.3 is 29.6 Å². The lowest BCUT2D eigenvalue weighted by molar-refractivity contribution is -0.197. The normalized spacial score (nSPS) is 21.8. The van der Waals surface area contributed by atoms with Crippen molar-refractivity contribution in [1.29, 1.82) is 0 Å². The summed E-state index contributed by atoms with van der Waals surface area (Å²) in [5.41, 5.74) is 1.13. The van der Waals surface area contributed by atoms with E-state index in [1.54, 1.807) is 48.7 Å². The standard InChI is InChI=1S/C29H32N8O8S/c1-5-30-26(38)22-21-23(45-29(2,3)44-21)27(43-22)37-15-33-20-24(31-14-32-25(20)37)35-28(39)34-17-7-6-8-19(13-17)46(40,41)36-16-9-11-18(42-4)12-10-16/h6-15,21-23,27,36H,5H2,1-4H3,(H,30,38)(H2,31,32,34,35,39)/t21?,22-,23?,27+/m0/s1. The Morgan fingerprint density at radius 2 is 1.76 bits per heavy atom. The molecule has 4 N–H and O–H groups in total. The zero-order valence-electron chi connectivity index (χ0n) is 25.3. The van der Waals surface area contributed by atoms with Gasteiger partial charge in [0.2, 0.25) is 0 Å². The van der Waals surface area contributed by atoms with Gasteiger partial charge in [0.1, 0.15) is 24.3 Å². The Morgan fingerprint density at radius 1 is 1.00 bits per heavy atom. The van der Waals surface area contributed by atoms with Crippen LogP contribution in [0.2, 0.25) is 0 Å². The largest absolute Gasteiger partial charge is 0.497 e. The van der Waals surface area contributed by atoms with E-state index in [2.05, 4.69) is 35.6 Å². The second-order valence-corrected chi connectivity index (χ2v) is 12.6. The zero-order valence-corrected chi connectivity index (χ0v) is 26.1. The predicted molar refractivity (Wildman–Crippen MR) is 165 cm³/mol. The van der Waals surface area contributed by atoms with Crippen molar-refractivity contribution in [2.45, 2.75) is 56.0 Å². The quantitative estimate of drug-likeness (QED) is 0.207. The highest BCUT2D eigenvalue weighted by Crippen LogP contribution is 2.44. The van der Waals surface area contributed by atoms with E-state index in [0.717, 1.165) is 0 Å². The van der Waals surface area contributed by atoms with Crippen LogP contribution in [0, 0.1) is 0 Å². The number of methoxy groups -OCH3 is 1. The molecule has 0 saturated carbocycles. The number of sulfonamides is 1. The number of hydrogen-bond donors (Lipinski definition) is 4. The van der Waals surface area contributed by atoms with Gasteiger partial charge in [-0.05, 0) is 63.2 Å². The van der Waals surface area contributed by atoms with Crippen LogP contribution in [0.4, 0.5) is 22.0 Å². The molecule has 2 aromatic carbocycles. The smallest absolute Gasteiger partial charge is 0.324 e. The molecule has 2 fully saturated rings. The number of carbonyl (C=O) groups is 2. The molecule has 2 aliphatic heterocycles. The Kier molecular flexibility index (Phi) is 8.24. The molecule has 17 heteroatoms. The lowest BCUT2D eigenvalue weighted by atomic mass is 10.1. The van der Waals surface area contributed by atoms with Crippen molar-refractivity contribution in [2.75, 3.05) is 29.0 Å². The number of aromatic nitrogens is 4. The number of rotatable bonds is 9. The van der Waals surface area contributed by atoms with Gasteiger partial charge in [-0.3, -0.25) is 19.4 Å². The molecule has 0 radical (unpaired) electrons. The molecule has 16 nitrogen and oxygen atoms in total. The number of carbonyl (C=O) groups excluding carboxylic acids is 2. The van der Waals surface area contributed by atoms with Crippen molar-refractivity contribution >= 4 is 50.3 Å². The third-order valence-electron chi connectivity index (χ3n) is 7.25. The van der Waals surface area contributed by atoms with E-state index in [4.69, 9.17) is 18.9 Å². The lowest BCUT2D eigenvalue weighted by Crippen LogP contribution is -2.42. The van der Waals surface area contributed by atoms with Gasteiger partial charge >= 0.3 is 6.03 Å². The fraction of sp³-hybridized carbons (Fsp3) is 0.345. The summed E-state index contributed by atoms with van der Waals surface area (Å²) in [5, 5.41) is 8.01. The van der Waals surface area contributed by atoms with Crippen molar-refractivity contribution in [3.8, 4) is 5.75 Å². The number of imidazole rings is 1. The van der Waals surface area contributed by atoms with Gasteiger partial charge in [-0.2, -0.15) is 0 Å². The third kappa shape index (κ3) is 6.17. The number of fused-ring (bicyclic) bond motifs is 2. The molecule has 4 atom stereocenters.